The summed E-state index contributed by atoms with van der Waals surface area (Å²) in [5.41, 5.74) is 2.62. The first-order valence-electron chi connectivity index (χ1n) is 3.58. The molecule has 2 aliphatic heterocycles. The monoisotopic (exact) mass is 134 g/mol. The highest BCUT2D eigenvalue weighted by atomic mass is 14.9. The molecule has 0 aromatic carbocycles. The van der Waals surface area contributed by atoms with Crippen molar-refractivity contribution in [3.63, 3.8) is 0 Å². The fourth-order valence-electron chi connectivity index (χ4n) is 1.27. The first-order valence-corrected chi connectivity index (χ1v) is 3.58. The molecule has 0 fully saturated rings. The van der Waals surface area contributed by atoms with Gasteiger partial charge in [-0.25, -0.2) is 0 Å². The number of hydrogen-bond donors (Lipinski definition) is 1. The molecule has 0 amide bonds. The molecule has 2 aliphatic rings. The van der Waals surface area contributed by atoms with Gasteiger partial charge in [-0.3, -0.25) is 4.99 Å². The lowest BCUT2D eigenvalue weighted by Crippen LogP contribution is -2.30. The molecule has 0 aliphatic carbocycles. The van der Waals surface area contributed by atoms with E-state index in [1.807, 2.05) is 6.20 Å². The predicted molar refractivity (Wildman–Crippen MR) is 42.1 cm³/mol. The minimum atomic E-state index is 0.941. The van der Waals surface area contributed by atoms with Gasteiger partial charge in [0, 0.05) is 19.3 Å². The van der Waals surface area contributed by atoms with Crippen LogP contribution < -0.4 is 5.32 Å². The van der Waals surface area contributed by atoms with Crippen LogP contribution in [-0.4, -0.2) is 18.8 Å². The lowest BCUT2D eigenvalue weighted by Gasteiger charge is -2.17. The number of fused-ring (bicyclic) bond motifs is 1. The summed E-state index contributed by atoms with van der Waals surface area (Å²) in [6.45, 7) is 1.94. The highest BCUT2D eigenvalue weighted by molar-refractivity contribution is 6.03. The van der Waals surface area contributed by atoms with Crippen molar-refractivity contribution in [1.82, 2.24) is 5.32 Å². The van der Waals surface area contributed by atoms with Crippen LogP contribution in [-0.2, 0) is 0 Å². The van der Waals surface area contributed by atoms with E-state index in [2.05, 4.69) is 22.5 Å². The third kappa shape index (κ3) is 0.907. The van der Waals surface area contributed by atoms with Gasteiger partial charge >= 0.3 is 0 Å². The molecule has 0 aromatic rings. The van der Waals surface area contributed by atoms with Gasteiger partial charge in [-0.2, -0.15) is 0 Å². The number of aliphatic imine (C=N–C) groups is 1. The molecule has 2 nitrogen and oxygen atoms in total. The molecule has 2 heterocycles. The summed E-state index contributed by atoms with van der Waals surface area (Å²) in [5, 5.41) is 3.24. The van der Waals surface area contributed by atoms with E-state index in [0.717, 1.165) is 19.5 Å². The Labute approximate surface area is 60.3 Å². The summed E-state index contributed by atoms with van der Waals surface area (Å²) in [7, 11) is 0. The average molecular weight is 134 g/mol. The van der Waals surface area contributed by atoms with Crippen LogP contribution >= 0.6 is 0 Å². The van der Waals surface area contributed by atoms with Crippen molar-refractivity contribution in [3.8, 4) is 0 Å². The van der Waals surface area contributed by atoms with Crippen molar-refractivity contribution >= 4 is 5.71 Å². The predicted octanol–water partition coefficient (Wildman–Crippen LogP) is 0.874. The molecule has 2 heteroatoms. The zero-order valence-electron chi connectivity index (χ0n) is 5.80. The first-order chi connectivity index (χ1) is 4.97. The summed E-state index contributed by atoms with van der Waals surface area (Å²) >= 11 is 0. The van der Waals surface area contributed by atoms with Crippen LogP contribution in [0.25, 0.3) is 0 Å². The standard InChI is InChI=1S/C8H10N2/c1-2-7-3-5-9-6-8(7)10-4-1/h1,3-4,9H,2,5-6H2. The molecule has 0 aromatic heterocycles. The van der Waals surface area contributed by atoms with E-state index in [0.29, 0.717) is 0 Å². The Bertz CT molecular complexity index is 223. The lowest BCUT2D eigenvalue weighted by atomic mass is 10.0. The van der Waals surface area contributed by atoms with Crippen molar-refractivity contribution in [2.24, 2.45) is 4.99 Å². The Kier molecular flexibility index (Phi) is 1.40. The van der Waals surface area contributed by atoms with Crippen LogP contribution in [0.5, 0.6) is 0 Å². The van der Waals surface area contributed by atoms with Crippen LogP contribution in [0.4, 0.5) is 0 Å². The second-order valence-corrected chi connectivity index (χ2v) is 2.52. The van der Waals surface area contributed by atoms with Gasteiger partial charge in [-0.05, 0) is 12.0 Å². The number of rotatable bonds is 0. The Morgan fingerprint density at radius 1 is 1.50 bits per heavy atom. The summed E-state index contributed by atoms with van der Waals surface area (Å²) in [4.78, 5) is 4.26. The maximum absolute atomic E-state index is 4.26. The van der Waals surface area contributed by atoms with Crippen LogP contribution in [0.2, 0.25) is 0 Å². The van der Waals surface area contributed by atoms with Gasteiger partial charge in [0.25, 0.3) is 0 Å². The topological polar surface area (TPSA) is 24.4 Å². The normalized spacial score (nSPS) is 23.2. The molecular weight excluding hydrogens is 124 g/mol. The maximum Gasteiger partial charge on any atom is 0.0573 e. The van der Waals surface area contributed by atoms with E-state index in [-0.39, 0.29) is 0 Å². The number of nitrogens with one attached hydrogen (secondary N) is 1. The van der Waals surface area contributed by atoms with Crippen molar-refractivity contribution in [2.75, 3.05) is 13.1 Å². The van der Waals surface area contributed by atoms with Crippen molar-refractivity contribution in [2.45, 2.75) is 6.42 Å². The number of allylic oxidation sites excluding steroid dienone is 1. The molecule has 0 radical (unpaired) electrons. The van der Waals surface area contributed by atoms with Crippen LogP contribution in [0, 0.1) is 0 Å². The molecule has 10 heavy (non-hydrogen) atoms. The van der Waals surface area contributed by atoms with E-state index in [1.54, 1.807) is 0 Å². The highest BCUT2D eigenvalue weighted by Gasteiger charge is 2.10. The number of nitrogens with zero attached hydrogens (tertiary/aromatic N) is 1. The molecule has 0 atom stereocenters. The van der Waals surface area contributed by atoms with E-state index < -0.39 is 0 Å². The van der Waals surface area contributed by atoms with E-state index in [4.69, 9.17) is 0 Å². The molecule has 0 spiro atoms. The zero-order chi connectivity index (χ0) is 6.81. The summed E-state index contributed by atoms with van der Waals surface area (Å²) < 4.78 is 0. The molecular formula is C8H10N2. The Morgan fingerprint density at radius 2 is 2.50 bits per heavy atom. The minimum Gasteiger partial charge on any atom is -0.308 e. The SMILES string of the molecule is C1=CN=C2CNCC=C2C1. The fraction of sp³-hybridized carbons (Fsp3) is 0.375. The minimum absolute atomic E-state index is 0.941. The Morgan fingerprint density at radius 3 is 3.40 bits per heavy atom. The fourth-order valence-corrected chi connectivity index (χ4v) is 1.27. The van der Waals surface area contributed by atoms with E-state index in [1.165, 1.54) is 11.3 Å². The molecule has 0 unspecified atom stereocenters. The van der Waals surface area contributed by atoms with E-state index >= 15 is 0 Å². The average Bonchev–Trinajstić information content (AvgIpc) is 2.05. The molecule has 2 rings (SSSR count). The summed E-state index contributed by atoms with van der Waals surface area (Å²) in [6.07, 6.45) is 7.27. The van der Waals surface area contributed by atoms with Gasteiger partial charge in [-0.1, -0.05) is 12.2 Å². The largest absolute Gasteiger partial charge is 0.308 e. The smallest absolute Gasteiger partial charge is 0.0573 e. The Balaban J connectivity index is 2.32. The van der Waals surface area contributed by atoms with Crippen LogP contribution in [0.1, 0.15) is 6.42 Å². The quantitative estimate of drug-likeness (QED) is 0.522. The third-order valence-corrected chi connectivity index (χ3v) is 1.83. The summed E-state index contributed by atoms with van der Waals surface area (Å²) in [6, 6.07) is 0. The number of hydrogen-bond acceptors (Lipinski definition) is 2. The van der Waals surface area contributed by atoms with Gasteiger partial charge in [0.2, 0.25) is 0 Å². The second-order valence-electron chi connectivity index (χ2n) is 2.52. The molecule has 0 saturated heterocycles. The third-order valence-electron chi connectivity index (χ3n) is 1.83. The molecule has 52 valence electrons. The second kappa shape index (κ2) is 2.39. The maximum atomic E-state index is 4.26. The zero-order valence-corrected chi connectivity index (χ0v) is 5.80. The van der Waals surface area contributed by atoms with Gasteiger partial charge < -0.3 is 5.32 Å². The molecule has 0 saturated carbocycles. The highest BCUT2D eigenvalue weighted by Crippen LogP contribution is 2.12. The van der Waals surface area contributed by atoms with Crippen molar-refractivity contribution < 1.29 is 0 Å². The van der Waals surface area contributed by atoms with Crippen LogP contribution in [0.15, 0.2) is 28.9 Å². The van der Waals surface area contributed by atoms with Gasteiger partial charge in [0.1, 0.15) is 0 Å². The van der Waals surface area contributed by atoms with Gasteiger partial charge in [-0.15, -0.1) is 0 Å². The van der Waals surface area contributed by atoms with Gasteiger partial charge in [0.05, 0.1) is 5.71 Å². The first kappa shape index (κ1) is 5.86. The lowest BCUT2D eigenvalue weighted by molar-refractivity contribution is 0.834. The van der Waals surface area contributed by atoms with Crippen molar-refractivity contribution in [3.05, 3.63) is 23.9 Å². The molecule has 0 bridgehead atoms. The van der Waals surface area contributed by atoms with Crippen LogP contribution in [0.3, 0.4) is 0 Å². The summed E-state index contributed by atoms with van der Waals surface area (Å²) in [5.74, 6) is 0. The van der Waals surface area contributed by atoms with Gasteiger partial charge in [0.15, 0.2) is 0 Å². The van der Waals surface area contributed by atoms with Crippen molar-refractivity contribution in [1.29, 1.82) is 0 Å². The molecule has 1 N–H and O–H groups in total. The van der Waals surface area contributed by atoms with E-state index in [9.17, 15) is 0 Å². The Hall–Kier alpha value is -0.890.